The molecule has 1 spiro atoms. The number of carbonyl (C=O) groups excluding carboxylic acids is 2. The number of methoxy groups -OCH3 is 1. The third-order valence-electron chi connectivity index (χ3n) is 6.54. The Labute approximate surface area is 164 Å². The van der Waals surface area contributed by atoms with Crippen molar-refractivity contribution in [3.05, 3.63) is 59.7 Å². The van der Waals surface area contributed by atoms with Crippen molar-refractivity contribution in [2.75, 3.05) is 7.11 Å². The molecule has 0 radical (unpaired) electrons. The number of rotatable bonds is 4. The third kappa shape index (κ3) is 2.68. The standard InChI is InChI=1S/C23H23NO4/c1-27-15-6-4-5-14(11-15)13-24-22(26)20-17-9-10-23(21(17)20)12-18(25)16-7-2-3-8-19(16)28-23/h2-8,11,17,20-21H,9-10,12-13H2,1H3,(H,24,26)/t17-,20-,21+,23-/m1/s1. The van der Waals surface area contributed by atoms with Crippen LogP contribution in [0.15, 0.2) is 48.5 Å². The first-order valence-corrected chi connectivity index (χ1v) is 9.83. The summed E-state index contributed by atoms with van der Waals surface area (Å²) in [6.07, 6.45) is 2.17. The smallest absolute Gasteiger partial charge is 0.224 e. The molecule has 1 N–H and O–H groups in total. The highest BCUT2D eigenvalue weighted by Gasteiger charge is 2.70. The molecule has 0 saturated heterocycles. The fourth-order valence-corrected chi connectivity index (χ4v) is 5.21. The molecular formula is C23H23NO4. The van der Waals surface area contributed by atoms with Crippen molar-refractivity contribution in [3.8, 4) is 11.5 Å². The van der Waals surface area contributed by atoms with Crippen LogP contribution in [0, 0.1) is 17.8 Å². The van der Waals surface area contributed by atoms with Crippen LogP contribution in [0.1, 0.15) is 35.2 Å². The first-order valence-electron chi connectivity index (χ1n) is 9.83. The van der Waals surface area contributed by atoms with Crippen molar-refractivity contribution in [2.45, 2.75) is 31.4 Å². The van der Waals surface area contributed by atoms with Crippen molar-refractivity contribution in [2.24, 2.45) is 17.8 Å². The number of benzene rings is 2. The number of amides is 1. The van der Waals surface area contributed by atoms with Gasteiger partial charge >= 0.3 is 0 Å². The lowest BCUT2D eigenvalue weighted by Gasteiger charge is -2.37. The normalized spacial score (nSPS) is 29.6. The van der Waals surface area contributed by atoms with Crippen LogP contribution in [0.2, 0.25) is 0 Å². The molecule has 5 nitrogen and oxygen atoms in total. The van der Waals surface area contributed by atoms with E-state index in [0.717, 1.165) is 24.2 Å². The van der Waals surface area contributed by atoms with Gasteiger partial charge in [0.2, 0.25) is 5.91 Å². The van der Waals surface area contributed by atoms with Crippen LogP contribution in [0.3, 0.4) is 0 Å². The van der Waals surface area contributed by atoms with Crippen molar-refractivity contribution in [1.82, 2.24) is 5.32 Å². The molecule has 2 fully saturated rings. The zero-order valence-corrected chi connectivity index (χ0v) is 15.8. The fourth-order valence-electron chi connectivity index (χ4n) is 5.21. The summed E-state index contributed by atoms with van der Waals surface area (Å²) in [5, 5.41) is 3.06. The summed E-state index contributed by atoms with van der Waals surface area (Å²) in [5.74, 6) is 2.04. The quantitative estimate of drug-likeness (QED) is 0.887. The van der Waals surface area contributed by atoms with E-state index < -0.39 is 5.60 Å². The predicted octanol–water partition coefficient (Wildman–Crippen LogP) is 3.37. The minimum atomic E-state index is -0.506. The van der Waals surface area contributed by atoms with Crippen molar-refractivity contribution in [1.29, 1.82) is 0 Å². The molecule has 4 atom stereocenters. The van der Waals surface area contributed by atoms with Crippen molar-refractivity contribution < 1.29 is 19.1 Å². The molecule has 3 aliphatic rings. The Balaban J connectivity index is 1.28. The van der Waals surface area contributed by atoms with Gasteiger partial charge in [-0.2, -0.15) is 0 Å². The number of Topliss-reactive ketones (excluding diaryl/α,β-unsaturated/α-hetero) is 1. The average molecular weight is 377 g/mol. The fraction of sp³-hybridized carbons (Fsp3) is 0.391. The lowest BCUT2D eigenvalue weighted by atomic mass is 9.84. The number of hydrogen-bond acceptors (Lipinski definition) is 4. The number of fused-ring (bicyclic) bond motifs is 3. The van der Waals surface area contributed by atoms with E-state index in [1.807, 2.05) is 48.5 Å². The molecule has 144 valence electrons. The van der Waals surface area contributed by atoms with Gasteiger partial charge in [0.25, 0.3) is 0 Å². The molecule has 0 bridgehead atoms. The van der Waals surface area contributed by atoms with Gasteiger partial charge in [-0.15, -0.1) is 0 Å². The predicted molar refractivity (Wildman–Crippen MR) is 103 cm³/mol. The maximum atomic E-state index is 12.8. The summed E-state index contributed by atoms with van der Waals surface area (Å²) in [7, 11) is 1.63. The highest BCUT2D eigenvalue weighted by atomic mass is 16.5. The molecule has 2 aliphatic carbocycles. The van der Waals surface area contributed by atoms with Crippen molar-refractivity contribution >= 4 is 11.7 Å². The van der Waals surface area contributed by atoms with E-state index in [0.29, 0.717) is 30.2 Å². The lowest BCUT2D eigenvalue weighted by molar-refractivity contribution is -0.124. The molecule has 0 aromatic heterocycles. The maximum absolute atomic E-state index is 12.8. The molecule has 1 aliphatic heterocycles. The van der Waals surface area contributed by atoms with Crippen LogP contribution >= 0.6 is 0 Å². The van der Waals surface area contributed by atoms with Crippen molar-refractivity contribution in [3.63, 3.8) is 0 Å². The molecule has 5 rings (SSSR count). The molecular weight excluding hydrogens is 354 g/mol. The monoisotopic (exact) mass is 377 g/mol. The van der Waals surface area contributed by atoms with Gasteiger partial charge in [-0.3, -0.25) is 9.59 Å². The summed E-state index contributed by atoms with van der Waals surface area (Å²) in [6.45, 7) is 0.474. The number of nitrogens with one attached hydrogen (secondary N) is 1. The van der Waals surface area contributed by atoms with Crippen LogP contribution in [0.5, 0.6) is 11.5 Å². The van der Waals surface area contributed by atoms with Gasteiger partial charge in [-0.05, 0) is 48.6 Å². The Morgan fingerprint density at radius 1 is 1.25 bits per heavy atom. The molecule has 28 heavy (non-hydrogen) atoms. The molecule has 1 heterocycles. The van der Waals surface area contributed by atoms with E-state index in [1.165, 1.54) is 0 Å². The number of ether oxygens (including phenoxy) is 2. The summed E-state index contributed by atoms with van der Waals surface area (Å²) in [5.41, 5.74) is 1.16. The van der Waals surface area contributed by atoms with Crippen LogP contribution in [0.25, 0.3) is 0 Å². The van der Waals surface area contributed by atoms with E-state index in [4.69, 9.17) is 9.47 Å². The summed E-state index contributed by atoms with van der Waals surface area (Å²) in [6, 6.07) is 15.1. The number of carbonyl (C=O) groups is 2. The van der Waals surface area contributed by atoms with Gasteiger partial charge in [-0.25, -0.2) is 0 Å². The summed E-state index contributed by atoms with van der Waals surface area (Å²) < 4.78 is 11.6. The Morgan fingerprint density at radius 3 is 2.96 bits per heavy atom. The Kier molecular flexibility index (Phi) is 3.93. The van der Waals surface area contributed by atoms with Gasteiger partial charge in [0.1, 0.15) is 17.1 Å². The summed E-state index contributed by atoms with van der Waals surface area (Å²) in [4.78, 5) is 25.5. The highest BCUT2D eigenvalue weighted by Crippen LogP contribution is 2.65. The molecule has 2 aromatic carbocycles. The second-order valence-corrected chi connectivity index (χ2v) is 8.09. The molecule has 5 heteroatoms. The average Bonchev–Trinajstić information content (AvgIpc) is 3.37. The summed E-state index contributed by atoms with van der Waals surface area (Å²) >= 11 is 0. The Hall–Kier alpha value is -2.82. The zero-order chi connectivity index (χ0) is 19.3. The minimum Gasteiger partial charge on any atom is -0.497 e. The van der Waals surface area contributed by atoms with Crippen LogP contribution in [-0.4, -0.2) is 24.4 Å². The first kappa shape index (κ1) is 17.3. The SMILES string of the molecule is COc1cccc(CNC(=O)[C@@H]2[C@H]3CC[C@@]4(CC(=O)c5ccccc5O4)[C@@H]32)c1. The second-order valence-electron chi connectivity index (χ2n) is 8.09. The molecule has 2 saturated carbocycles. The van der Waals surface area contributed by atoms with E-state index in [2.05, 4.69) is 5.32 Å². The highest BCUT2D eigenvalue weighted by molar-refractivity contribution is 6.00. The van der Waals surface area contributed by atoms with Gasteiger partial charge in [-0.1, -0.05) is 24.3 Å². The lowest BCUT2D eigenvalue weighted by Crippen LogP contribution is -2.44. The van der Waals surface area contributed by atoms with E-state index in [1.54, 1.807) is 7.11 Å². The largest absolute Gasteiger partial charge is 0.497 e. The topological polar surface area (TPSA) is 64.6 Å². The zero-order valence-electron chi connectivity index (χ0n) is 15.8. The van der Waals surface area contributed by atoms with Crippen LogP contribution in [-0.2, 0) is 11.3 Å². The first-order chi connectivity index (χ1) is 13.6. The number of hydrogen-bond donors (Lipinski definition) is 1. The van der Waals surface area contributed by atoms with Gasteiger partial charge in [0, 0.05) is 18.4 Å². The number of para-hydroxylation sites is 1. The van der Waals surface area contributed by atoms with Crippen LogP contribution in [0.4, 0.5) is 0 Å². The minimum absolute atomic E-state index is 0.0579. The molecule has 1 amide bonds. The van der Waals surface area contributed by atoms with E-state index in [9.17, 15) is 9.59 Å². The number of ketones is 1. The molecule has 2 aromatic rings. The van der Waals surface area contributed by atoms with E-state index in [-0.39, 0.29) is 23.5 Å². The second kappa shape index (κ2) is 6.36. The van der Waals surface area contributed by atoms with E-state index >= 15 is 0 Å². The van der Waals surface area contributed by atoms with Gasteiger partial charge < -0.3 is 14.8 Å². The Bertz CT molecular complexity index is 955. The van der Waals surface area contributed by atoms with Gasteiger partial charge in [0.05, 0.1) is 19.1 Å². The van der Waals surface area contributed by atoms with Crippen LogP contribution < -0.4 is 14.8 Å². The van der Waals surface area contributed by atoms with Gasteiger partial charge in [0.15, 0.2) is 5.78 Å². The third-order valence-corrected chi connectivity index (χ3v) is 6.54. The Morgan fingerprint density at radius 2 is 2.11 bits per heavy atom. The molecule has 0 unspecified atom stereocenters. The maximum Gasteiger partial charge on any atom is 0.224 e.